The number of nitrogens with zero attached hydrogens (tertiary/aromatic N) is 2. The summed E-state index contributed by atoms with van der Waals surface area (Å²) in [5.74, 6) is 2.47. The number of ether oxygens (including phenoxy) is 3. The standard InChI is InChI=1S/C23H17BrN2O3/c24-16-5-3-4-15(10-16)23-26-19(17-6-1-2-7-20(17)29-23)12-18(25-26)14-8-9-21-22(11-14)28-13-27-21/h1-11,19,23H,12-13H2. The lowest BCUT2D eigenvalue weighted by Crippen LogP contribution is -2.33. The van der Waals surface area contributed by atoms with Crippen molar-refractivity contribution < 1.29 is 14.2 Å². The van der Waals surface area contributed by atoms with E-state index in [0.29, 0.717) is 0 Å². The number of para-hydroxylation sites is 1. The Labute approximate surface area is 176 Å². The van der Waals surface area contributed by atoms with Crippen molar-refractivity contribution in [1.29, 1.82) is 0 Å². The Morgan fingerprint density at radius 3 is 2.72 bits per heavy atom. The van der Waals surface area contributed by atoms with E-state index in [1.165, 1.54) is 5.56 Å². The average molecular weight is 449 g/mol. The van der Waals surface area contributed by atoms with Crippen molar-refractivity contribution >= 4 is 21.6 Å². The summed E-state index contributed by atoms with van der Waals surface area (Å²) in [7, 11) is 0. The molecule has 2 atom stereocenters. The third kappa shape index (κ3) is 2.78. The van der Waals surface area contributed by atoms with Gasteiger partial charge in [-0.3, -0.25) is 0 Å². The Kier molecular flexibility index (Phi) is 3.81. The number of benzene rings is 3. The minimum Gasteiger partial charge on any atom is -0.464 e. The minimum atomic E-state index is -0.279. The van der Waals surface area contributed by atoms with Gasteiger partial charge in [0, 0.05) is 27.6 Å². The van der Waals surface area contributed by atoms with Crippen LogP contribution in [0.5, 0.6) is 17.2 Å². The molecule has 0 aromatic heterocycles. The van der Waals surface area contributed by atoms with E-state index in [4.69, 9.17) is 19.3 Å². The van der Waals surface area contributed by atoms with Gasteiger partial charge in [-0.2, -0.15) is 5.10 Å². The van der Waals surface area contributed by atoms with Gasteiger partial charge >= 0.3 is 0 Å². The van der Waals surface area contributed by atoms with Gasteiger partial charge in [-0.05, 0) is 36.4 Å². The summed E-state index contributed by atoms with van der Waals surface area (Å²) in [6, 6.07) is 22.6. The molecule has 144 valence electrons. The Morgan fingerprint density at radius 1 is 0.897 bits per heavy atom. The molecule has 0 spiro atoms. The van der Waals surface area contributed by atoms with E-state index in [-0.39, 0.29) is 19.1 Å². The van der Waals surface area contributed by atoms with Crippen LogP contribution in [0, 0.1) is 0 Å². The fourth-order valence-corrected chi connectivity index (χ4v) is 4.58. The van der Waals surface area contributed by atoms with Gasteiger partial charge in [0.2, 0.25) is 13.0 Å². The van der Waals surface area contributed by atoms with E-state index in [0.717, 1.165) is 45.0 Å². The van der Waals surface area contributed by atoms with Crippen molar-refractivity contribution in [2.24, 2.45) is 5.10 Å². The van der Waals surface area contributed by atoms with Gasteiger partial charge in [-0.25, -0.2) is 5.01 Å². The van der Waals surface area contributed by atoms with Crippen molar-refractivity contribution in [1.82, 2.24) is 5.01 Å². The lowest BCUT2D eigenvalue weighted by molar-refractivity contribution is -0.0190. The van der Waals surface area contributed by atoms with Gasteiger partial charge in [0.05, 0.1) is 11.8 Å². The quantitative estimate of drug-likeness (QED) is 0.524. The summed E-state index contributed by atoms with van der Waals surface area (Å²) in [6.45, 7) is 0.270. The fourth-order valence-electron chi connectivity index (χ4n) is 4.16. The molecule has 3 heterocycles. The smallest absolute Gasteiger partial charge is 0.231 e. The predicted molar refractivity (Wildman–Crippen MR) is 112 cm³/mol. The normalized spacial score (nSPS) is 21.3. The second-order valence-corrected chi connectivity index (χ2v) is 8.19. The molecule has 5 nitrogen and oxygen atoms in total. The maximum Gasteiger partial charge on any atom is 0.231 e. The van der Waals surface area contributed by atoms with Crippen LogP contribution in [0.2, 0.25) is 0 Å². The molecule has 0 N–H and O–H groups in total. The fraction of sp³-hybridized carbons (Fsp3) is 0.174. The zero-order valence-electron chi connectivity index (χ0n) is 15.4. The summed E-state index contributed by atoms with van der Waals surface area (Å²) < 4.78 is 18.4. The van der Waals surface area contributed by atoms with Gasteiger partial charge in [-0.1, -0.05) is 46.3 Å². The molecule has 29 heavy (non-hydrogen) atoms. The van der Waals surface area contributed by atoms with Crippen LogP contribution in [-0.4, -0.2) is 17.5 Å². The second kappa shape index (κ2) is 6.52. The van der Waals surface area contributed by atoms with Crippen molar-refractivity contribution in [3.8, 4) is 17.2 Å². The van der Waals surface area contributed by atoms with Crippen LogP contribution in [0.3, 0.4) is 0 Å². The number of hydrogen-bond acceptors (Lipinski definition) is 5. The maximum absolute atomic E-state index is 6.40. The summed E-state index contributed by atoms with van der Waals surface area (Å²) in [5.41, 5.74) is 4.30. The molecule has 3 aliphatic heterocycles. The van der Waals surface area contributed by atoms with E-state index in [1.54, 1.807) is 0 Å². The van der Waals surface area contributed by atoms with Crippen LogP contribution < -0.4 is 14.2 Å². The molecule has 3 aliphatic rings. The lowest BCUT2D eigenvalue weighted by Gasteiger charge is -2.38. The van der Waals surface area contributed by atoms with E-state index in [9.17, 15) is 0 Å². The first-order valence-corrected chi connectivity index (χ1v) is 10.3. The average Bonchev–Trinajstić information content (AvgIpc) is 3.40. The lowest BCUT2D eigenvalue weighted by atomic mass is 9.96. The number of fused-ring (bicyclic) bond motifs is 4. The zero-order valence-corrected chi connectivity index (χ0v) is 17.0. The molecule has 0 fully saturated rings. The number of hydrazone groups is 1. The van der Waals surface area contributed by atoms with Crippen LogP contribution in [0.4, 0.5) is 0 Å². The molecule has 3 aromatic rings. The molecule has 0 radical (unpaired) electrons. The molecule has 0 bridgehead atoms. The molecule has 6 heteroatoms. The van der Waals surface area contributed by atoms with Crippen LogP contribution in [0.1, 0.15) is 35.4 Å². The molecule has 0 saturated heterocycles. The van der Waals surface area contributed by atoms with Crippen molar-refractivity contribution in [3.63, 3.8) is 0 Å². The minimum absolute atomic E-state index is 0.129. The Hall–Kier alpha value is -2.99. The highest BCUT2D eigenvalue weighted by molar-refractivity contribution is 9.10. The van der Waals surface area contributed by atoms with E-state index < -0.39 is 0 Å². The molecular formula is C23H17BrN2O3. The van der Waals surface area contributed by atoms with E-state index in [1.807, 2.05) is 42.5 Å². The first-order chi connectivity index (χ1) is 14.3. The highest BCUT2D eigenvalue weighted by atomic mass is 79.9. The number of rotatable bonds is 2. The monoisotopic (exact) mass is 448 g/mol. The van der Waals surface area contributed by atoms with Crippen molar-refractivity contribution in [3.05, 3.63) is 87.9 Å². The topological polar surface area (TPSA) is 43.3 Å². The van der Waals surface area contributed by atoms with Gasteiger partial charge in [0.1, 0.15) is 5.75 Å². The van der Waals surface area contributed by atoms with Crippen LogP contribution in [-0.2, 0) is 0 Å². The first kappa shape index (κ1) is 16.9. The molecule has 0 saturated carbocycles. The maximum atomic E-state index is 6.40. The molecular weight excluding hydrogens is 432 g/mol. The first-order valence-electron chi connectivity index (χ1n) is 9.53. The van der Waals surface area contributed by atoms with Crippen LogP contribution in [0.25, 0.3) is 0 Å². The largest absolute Gasteiger partial charge is 0.464 e. The van der Waals surface area contributed by atoms with Gasteiger partial charge in [-0.15, -0.1) is 0 Å². The molecule has 3 aromatic carbocycles. The molecule has 2 unspecified atom stereocenters. The van der Waals surface area contributed by atoms with Gasteiger partial charge in [0.15, 0.2) is 11.5 Å². The van der Waals surface area contributed by atoms with Gasteiger partial charge in [0.25, 0.3) is 0 Å². The zero-order chi connectivity index (χ0) is 19.4. The SMILES string of the molecule is Brc1cccc(C2Oc3ccccc3C3CC(c4ccc5c(c4)OCO5)=NN32)c1. The molecule has 0 amide bonds. The van der Waals surface area contributed by atoms with Crippen molar-refractivity contribution in [2.45, 2.75) is 18.7 Å². The predicted octanol–water partition coefficient (Wildman–Crippen LogP) is 5.42. The Bertz CT molecular complexity index is 1150. The van der Waals surface area contributed by atoms with E-state index >= 15 is 0 Å². The Balaban J connectivity index is 1.44. The number of hydrogen-bond donors (Lipinski definition) is 0. The highest BCUT2D eigenvalue weighted by Crippen LogP contribution is 2.48. The molecule has 6 rings (SSSR count). The molecule has 0 aliphatic carbocycles. The van der Waals surface area contributed by atoms with Gasteiger partial charge < -0.3 is 14.2 Å². The Morgan fingerprint density at radius 2 is 1.79 bits per heavy atom. The third-order valence-electron chi connectivity index (χ3n) is 5.54. The number of halogens is 1. The summed E-state index contributed by atoms with van der Waals surface area (Å²) >= 11 is 3.57. The van der Waals surface area contributed by atoms with E-state index in [2.05, 4.69) is 45.2 Å². The third-order valence-corrected chi connectivity index (χ3v) is 6.03. The second-order valence-electron chi connectivity index (χ2n) is 7.28. The summed E-state index contributed by atoms with van der Waals surface area (Å²) in [6.07, 6.45) is 0.531. The van der Waals surface area contributed by atoms with Crippen LogP contribution in [0.15, 0.2) is 76.3 Å². The van der Waals surface area contributed by atoms with Crippen molar-refractivity contribution in [2.75, 3.05) is 6.79 Å². The summed E-state index contributed by atoms with van der Waals surface area (Å²) in [5, 5.41) is 7.09. The highest BCUT2D eigenvalue weighted by Gasteiger charge is 2.41. The van der Waals surface area contributed by atoms with Crippen LogP contribution >= 0.6 is 15.9 Å². The summed E-state index contributed by atoms with van der Waals surface area (Å²) in [4.78, 5) is 0.